The van der Waals surface area contributed by atoms with E-state index >= 15 is 0 Å². The number of ether oxygens (including phenoxy) is 3. The number of hydrogen-bond donors (Lipinski definition) is 1. The zero-order chi connectivity index (χ0) is 13.9. The standard InChI is InChI=1S/C15H22O4/c1-15(10-16,7-11-8-19-9-11)12-4-13(17-2)6-14(5-12)18-3/h4-6,11,16H,7-10H2,1-3H3. The number of rotatable bonds is 6. The van der Waals surface area contributed by atoms with Gasteiger partial charge in [-0.05, 0) is 24.1 Å². The van der Waals surface area contributed by atoms with Crippen LogP contribution in [0.5, 0.6) is 11.5 Å². The third-order valence-corrected chi connectivity index (χ3v) is 3.84. The van der Waals surface area contributed by atoms with Gasteiger partial charge < -0.3 is 19.3 Å². The molecule has 0 radical (unpaired) electrons. The summed E-state index contributed by atoms with van der Waals surface area (Å²) in [6.07, 6.45) is 0.903. The number of aliphatic hydroxyl groups is 1. The largest absolute Gasteiger partial charge is 0.497 e. The minimum absolute atomic E-state index is 0.0970. The molecule has 0 saturated carbocycles. The SMILES string of the molecule is COc1cc(OC)cc(C(C)(CO)CC2COC2)c1. The van der Waals surface area contributed by atoms with Crippen LogP contribution in [0.2, 0.25) is 0 Å². The lowest BCUT2D eigenvalue weighted by molar-refractivity contribution is -0.0485. The lowest BCUT2D eigenvalue weighted by Crippen LogP contribution is -2.37. The van der Waals surface area contributed by atoms with E-state index in [9.17, 15) is 5.11 Å². The summed E-state index contributed by atoms with van der Waals surface area (Å²) < 4.78 is 15.8. The first-order valence-electron chi connectivity index (χ1n) is 6.53. The number of benzene rings is 1. The molecule has 1 saturated heterocycles. The quantitative estimate of drug-likeness (QED) is 0.855. The van der Waals surface area contributed by atoms with Crippen molar-refractivity contribution in [2.24, 2.45) is 5.92 Å². The Balaban J connectivity index is 2.29. The van der Waals surface area contributed by atoms with Crippen molar-refractivity contribution >= 4 is 0 Å². The van der Waals surface area contributed by atoms with Crippen LogP contribution >= 0.6 is 0 Å². The fraction of sp³-hybridized carbons (Fsp3) is 0.600. The van der Waals surface area contributed by atoms with Crippen molar-refractivity contribution in [3.63, 3.8) is 0 Å². The summed E-state index contributed by atoms with van der Waals surface area (Å²) in [6, 6.07) is 5.78. The van der Waals surface area contributed by atoms with Gasteiger partial charge in [0.2, 0.25) is 0 Å². The van der Waals surface area contributed by atoms with Crippen LogP contribution in [-0.2, 0) is 10.2 Å². The van der Waals surface area contributed by atoms with Gasteiger partial charge in [0.05, 0.1) is 34.0 Å². The summed E-state index contributed by atoms with van der Waals surface area (Å²) >= 11 is 0. The lowest BCUT2D eigenvalue weighted by atomic mass is 9.75. The van der Waals surface area contributed by atoms with Gasteiger partial charge in [0, 0.05) is 17.4 Å². The molecule has 0 aliphatic carbocycles. The summed E-state index contributed by atoms with van der Waals surface area (Å²) in [5.41, 5.74) is 0.745. The van der Waals surface area contributed by atoms with Crippen LogP contribution in [-0.4, -0.2) is 39.1 Å². The predicted octanol–water partition coefficient (Wildman–Crippen LogP) is 1.99. The second kappa shape index (κ2) is 5.80. The van der Waals surface area contributed by atoms with Crippen molar-refractivity contribution in [3.05, 3.63) is 23.8 Å². The maximum atomic E-state index is 9.81. The van der Waals surface area contributed by atoms with E-state index in [1.54, 1.807) is 14.2 Å². The molecule has 1 heterocycles. The van der Waals surface area contributed by atoms with Crippen LogP contribution in [0.25, 0.3) is 0 Å². The van der Waals surface area contributed by atoms with E-state index in [-0.39, 0.29) is 12.0 Å². The van der Waals surface area contributed by atoms with E-state index in [1.165, 1.54) is 0 Å². The normalized spacial score (nSPS) is 18.5. The molecule has 0 bridgehead atoms. The number of hydrogen-bond acceptors (Lipinski definition) is 4. The molecule has 4 nitrogen and oxygen atoms in total. The van der Waals surface area contributed by atoms with Crippen molar-refractivity contribution in [1.82, 2.24) is 0 Å². The van der Waals surface area contributed by atoms with Gasteiger partial charge >= 0.3 is 0 Å². The summed E-state index contributed by atoms with van der Waals surface area (Å²) in [4.78, 5) is 0. The maximum Gasteiger partial charge on any atom is 0.122 e. The highest BCUT2D eigenvalue weighted by Crippen LogP contribution is 2.37. The number of aliphatic hydroxyl groups excluding tert-OH is 1. The van der Waals surface area contributed by atoms with Gasteiger partial charge in [0.1, 0.15) is 11.5 Å². The first kappa shape index (κ1) is 14.2. The highest BCUT2D eigenvalue weighted by molar-refractivity contribution is 5.42. The van der Waals surface area contributed by atoms with Crippen LogP contribution in [0.1, 0.15) is 18.9 Å². The molecule has 1 N–H and O–H groups in total. The second-order valence-electron chi connectivity index (χ2n) is 5.43. The zero-order valence-electron chi connectivity index (χ0n) is 11.8. The highest BCUT2D eigenvalue weighted by atomic mass is 16.5. The van der Waals surface area contributed by atoms with Crippen molar-refractivity contribution in [1.29, 1.82) is 0 Å². The van der Waals surface area contributed by atoms with Crippen molar-refractivity contribution < 1.29 is 19.3 Å². The Morgan fingerprint density at radius 1 is 1.21 bits per heavy atom. The summed E-state index contributed by atoms with van der Waals surface area (Å²) in [5, 5.41) is 9.81. The van der Waals surface area contributed by atoms with E-state index in [0.717, 1.165) is 36.7 Å². The molecule has 106 valence electrons. The molecule has 1 aromatic carbocycles. The molecule has 1 aromatic rings. The molecule has 1 fully saturated rings. The Bertz CT molecular complexity index is 406. The third-order valence-electron chi connectivity index (χ3n) is 3.84. The fourth-order valence-corrected chi connectivity index (χ4v) is 2.47. The smallest absolute Gasteiger partial charge is 0.122 e. The van der Waals surface area contributed by atoms with Crippen LogP contribution < -0.4 is 9.47 Å². The zero-order valence-corrected chi connectivity index (χ0v) is 11.8. The first-order valence-corrected chi connectivity index (χ1v) is 6.53. The van der Waals surface area contributed by atoms with Gasteiger partial charge in [0.15, 0.2) is 0 Å². The van der Waals surface area contributed by atoms with E-state index in [0.29, 0.717) is 5.92 Å². The molecular weight excluding hydrogens is 244 g/mol. The van der Waals surface area contributed by atoms with Crippen LogP contribution in [0.4, 0.5) is 0 Å². The van der Waals surface area contributed by atoms with Crippen LogP contribution in [0.15, 0.2) is 18.2 Å². The van der Waals surface area contributed by atoms with Gasteiger partial charge in [-0.2, -0.15) is 0 Å². The van der Waals surface area contributed by atoms with Gasteiger partial charge in [-0.3, -0.25) is 0 Å². The average Bonchev–Trinajstić information content (AvgIpc) is 2.42. The highest BCUT2D eigenvalue weighted by Gasteiger charge is 2.33. The minimum Gasteiger partial charge on any atom is -0.497 e. The lowest BCUT2D eigenvalue weighted by Gasteiger charge is -2.36. The molecule has 0 amide bonds. The third kappa shape index (κ3) is 3.01. The Labute approximate surface area is 114 Å². The van der Waals surface area contributed by atoms with E-state index in [1.807, 2.05) is 18.2 Å². The predicted molar refractivity (Wildman–Crippen MR) is 72.9 cm³/mol. The summed E-state index contributed by atoms with van der Waals surface area (Å²) in [6.45, 7) is 3.74. The first-order chi connectivity index (χ1) is 9.11. The van der Waals surface area contributed by atoms with E-state index in [4.69, 9.17) is 14.2 Å². The number of methoxy groups -OCH3 is 2. The van der Waals surface area contributed by atoms with Crippen molar-refractivity contribution in [3.8, 4) is 11.5 Å². The maximum absolute atomic E-state index is 9.81. The van der Waals surface area contributed by atoms with Gasteiger partial charge in [0.25, 0.3) is 0 Å². The Morgan fingerprint density at radius 2 is 1.79 bits per heavy atom. The average molecular weight is 266 g/mol. The molecule has 0 spiro atoms. The Morgan fingerprint density at radius 3 is 2.16 bits per heavy atom. The molecule has 4 heteroatoms. The topological polar surface area (TPSA) is 47.9 Å². The summed E-state index contributed by atoms with van der Waals surface area (Å²) in [5.74, 6) is 2.02. The second-order valence-corrected chi connectivity index (χ2v) is 5.43. The monoisotopic (exact) mass is 266 g/mol. The van der Waals surface area contributed by atoms with Gasteiger partial charge in [-0.15, -0.1) is 0 Å². The van der Waals surface area contributed by atoms with Crippen molar-refractivity contribution in [2.75, 3.05) is 34.0 Å². The van der Waals surface area contributed by atoms with Crippen LogP contribution in [0, 0.1) is 5.92 Å². The Hall–Kier alpha value is -1.26. The Kier molecular flexibility index (Phi) is 4.32. The molecule has 0 aromatic heterocycles. The van der Waals surface area contributed by atoms with Gasteiger partial charge in [-0.1, -0.05) is 6.92 Å². The molecule has 2 rings (SSSR count). The molecule has 19 heavy (non-hydrogen) atoms. The summed E-state index contributed by atoms with van der Waals surface area (Å²) in [7, 11) is 3.27. The van der Waals surface area contributed by atoms with E-state index in [2.05, 4.69) is 6.92 Å². The molecule has 1 aliphatic heterocycles. The molecule has 1 unspecified atom stereocenters. The molecule has 1 aliphatic rings. The molecule has 1 atom stereocenters. The fourth-order valence-electron chi connectivity index (χ4n) is 2.47. The minimum atomic E-state index is -0.295. The van der Waals surface area contributed by atoms with Gasteiger partial charge in [-0.25, -0.2) is 0 Å². The van der Waals surface area contributed by atoms with Crippen molar-refractivity contribution in [2.45, 2.75) is 18.8 Å². The molecular formula is C15H22O4. The van der Waals surface area contributed by atoms with E-state index < -0.39 is 0 Å². The van der Waals surface area contributed by atoms with Crippen LogP contribution in [0.3, 0.4) is 0 Å².